The minimum Gasteiger partial charge on any atom is -0.507 e. The number of benzene rings is 2. The lowest BCUT2D eigenvalue weighted by atomic mass is 9.95. The van der Waals surface area contributed by atoms with E-state index in [1.807, 2.05) is 52.0 Å². The zero-order valence-corrected chi connectivity index (χ0v) is 18.4. The van der Waals surface area contributed by atoms with E-state index >= 15 is 0 Å². The summed E-state index contributed by atoms with van der Waals surface area (Å²) >= 11 is 0. The predicted molar refractivity (Wildman–Crippen MR) is 119 cm³/mol. The Kier molecular flexibility index (Phi) is 7.00. The van der Waals surface area contributed by atoms with Crippen molar-refractivity contribution < 1.29 is 24.2 Å². The van der Waals surface area contributed by atoms with Crippen molar-refractivity contribution in [3.8, 4) is 11.5 Å². The number of ether oxygens (including phenoxy) is 2. The van der Waals surface area contributed by atoms with Gasteiger partial charge in [0.25, 0.3) is 11.7 Å². The van der Waals surface area contributed by atoms with Crippen LogP contribution in [0.1, 0.15) is 51.3 Å². The Balaban J connectivity index is 2.09. The first-order chi connectivity index (χ1) is 14.9. The van der Waals surface area contributed by atoms with E-state index in [9.17, 15) is 14.7 Å². The number of carbonyl (C=O) groups excluding carboxylic acids is 2. The molecule has 3 rings (SSSR count). The molecule has 2 aromatic rings. The molecule has 0 bridgehead atoms. The summed E-state index contributed by atoms with van der Waals surface area (Å²) in [6.07, 6.45) is 0.729. The Labute approximate surface area is 183 Å². The normalized spacial score (nSPS) is 18.0. The number of likely N-dealkylation sites (tertiary alicyclic amines) is 1. The molecule has 6 heteroatoms. The zero-order chi connectivity index (χ0) is 22.5. The van der Waals surface area contributed by atoms with E-state index in [0.29, 0.717) is 36.6 Å². The van der Waals surface area contributed by atoms with E-state index in [1.54, 1.807) is 24.3 Å². The molecular weight excluding hydrogens is 394 g/mol. The van der Waals surface area contributed by atoms with Gasteiger partial charge in [-0.05, 0) is 57.0 Å². The number of hydrogen-bond acceptors (Lipinski definition) is 5. The molecular formula is C25H29NO5. The predicted octanol–water partition coefficient (Wildman–Crippen LogP) is 4.70. The van der Waals surface area contributed by atoms with Gasteiger partial charge < -0.3 is 19.5 Å². The lowest BCUT2D eigenvalue weighted by molar-refractivity contribution is -0.139. The van der Waals surface area contributed by atoms with Gasteiger partial charge in [-0.15, -0.1) is 0 Å². The molecule has 0 aromatic heterocycles. The molecule has 1 unspecified atom stereocenters. The Morgan fingerprint density at radius 1 is 1.06 bits per heavy atom. The molecule has 1 amide bonds. The van der Waals surface area contributed by atoms with Gasteiger partial charge in [-0.1, -0.05) is 31.2 Å². The van der Waals surface area contributed by atoms with Gasteiger partial charge in [0.2, 0.25) is 0 Å². The van der Waals surface area contributed by atoms with Crippen molar-refractivity contribution in [2.75, 3.05) is 13.2 Å². The molecule has 0 saturated carbocycles. The van der Waals surface area contributed by atoms with Crippen molar-refractivity contribution >= 4 is 17.4 Å². The molecule has 2 aromatic carbocycles. The molecule has 1 aliphatic heterocycles. The van der Waals surface area contributed by atoms with Gasteiger partial charge in [0.15, 0.2) is 0 Å². The quantitative estimate of drug-likeness (QED) is 0.378. The fourth-order valence-corrected chi connectivity index (χ4v) is 3.75. The van der Waals surface area contributed by atoms with Crippen molar-refractivity contribution in [1.29, 1.82) is 0 Å². The Morgan fingerprint density at radius 3 is 2.39 bits per heavy atom. The van der Waals surface area contributed by atoms with Gasteiger partial charge in [0.1, 0.15) is 17.3 Å². The third kappa shape index (κ3) is 4.74. The second-order valence-electron chi connectivity index (χ2n) is 7.69. The van der Waals surface area contributed by atoms with Crippen molar-refractivity contribution in [1.82, 2.24) is 4.90 Å². The van der Waals surface area contributed by atoms with Crippen LogP contribution in [-0.4, -0.2) is 41.0 Å². The van der Waals surface area contributed by atoms with Crippen LogP contribution in [0.3, 0.4) is 0 Å². The van der Waals surface area contributed by atoms with Gasteiger partial charge in [0.05, 0.1) is 24.3 Å². The van der Waals surface area contributed by atoms with Crippen LogP contribution in [-0.2, 0) is 9.59 Å². The summed E-state index contributed by atoms with van der Waals surface area (Å²) in [5.74, 6) is -0.195. The highest BCUT2D eigenvalue weighted by molar-refractivity contribution is 6.46. The van der Waals surface area contributed by atoms with E-state index in [2.05, 4.69) is 0 Å². The van der Waals surface area contributed by atoms with Gasteiger partial charge in [-0.3, -0.25) is 9.59 Å². The maximum Gasteiger partial charge on any atom is 0.295 e. The Bertz CT molecular complexity index is 978. The van der Waals surface area contributed by atoms with E-state index < -0.39 is 17.7 Å². The van der Waals surface area contributed by atoms with Gasteiger partial charge in [-0.2, -0.15) is 0 Å². The number of carbonyl (C=O) groups is 2. The summed E-state index contributed by atoms with van der Waals surface area (Å²) in [4.78, 5) is 27.3. The fourth-order valence-electron chi connectivity index (χ4n) is 3.75. The monoisotopic (exact) mass is 423 g/mol. The number of amides is 1. The van der Waals surface area contributed by atoms with Crippen molar-refractivity contribution in [3.63, 3.8) is 0 Å². The molecule has 31 heavy (non-hydrogen) atoms. The van der Waals surface area contributed by atoms with E-state index in [-0.39, 0.29) is 17.4 Å². The first-order valence-corrected chi connectivity index (χ1v) is 10.7. The number of aliphatic hydroxyl groups excluding tert-OH is 1. The van der Waals surface area contributed by atoms with Crippen LogP contribution in [0.25, 0.3) is 5.76 Å². The van der Waals surface area contributed by atoms with Crippen molar-refractivity contribution in [2.45, 2.75) is 46.3 Å². The van der Waals surface area contributed by atoms with E-state index in [4.69, 9.17) is 9.47 Å². The second-order valence-corrected chi connectivity index (χ2v) is 7.69. The summed E-state index contributed by atoms with van der Waals surface area (Å²) in [6, 6.07) is 13.5. The molecule has 0 spiro atoms. The third-order valence-corrected chi connectivity index (χ3v) is 4.99. The molecule has 1 atom stereocenters. The maximum atomic E-state index is 12.9. The lowest BCUT2D eigenvalue weighted by Gasteiger charge is -2.25. The van der Waals surface area contributed by atoms with Crippen molar-refractivity contribution in [2.24, 2.45) is 0 Å². The molecule has 1 fully saturated rings. The minimum absolute atomic E-state index is 0.0363. The smallest absolute Gasteiger partial charge is 0.295 e. The molecule has 6 nitrogen and oxygen atoms in total. The highest BCUT2D eigenvalue weighted by Gasteiger charge is 2.45. The standard InChI is InChI=1S/C25H29NO5/c1-5-14-26-22(17-10-12-19(13-11-17)31-16(3)4)21(24(28)25(26)29)23(27)18-8-7-9-20(15-18)30-6-2/h7-13,15-16,22,27H,5-6,14H2,1-4H3/b23-21-. The number of hydrogen-bond donors (Lipinski definition) is 1. The Morgan fingerprint density at radius 2 is 1.77 bits per heavy atom. The number of nitrogens with zero attached hydrogens (tertiary/aromatic N) is 1. The number of rotatable bonds is 8. The molecule has 1 N–H and O–H groups in total. The molecule has 1 saturated heterocycles. The Hall–Kier alpha value is -3.28. The largest absolute Gasteiger partial charge is 0.507 e. The third-order valence-electron chi connectivity index (χ3n) is 4.99. The van der Waals surface area contributed by atoms with Gasteiger partial charge in [0, 0.05) is 12.1 Å². The fraction of sp³-hybridized carbons (Fsp3) is 0.360. The molecule has 164 valence electrons. The van der Waals surface area contributed by atoms with Crippen LogP contribution in [0.2, 0.25) is 0 Å². The number of Topliss-reactive ketones (excluding diaryl/α,β-unsaturated/α-hetero) is 1. The van der Waals surface area contributed by atoms with Crippen LogP contribution in [0.4, 0.5) is 0 Å². The average molecular weight is 424 g/mol. The van der Waals surface area contributed by atoms with E-state index in [0.717, 1.165) is 5.56 Å². The van der Waals surface area contributed by atoms with Crippen molar-refractivity contribution in [3.05, 3.63) is 65.2 Å². The second kappa shape index (κ2) is 9.69. The van der Waals surface area contributed by atoms with E-state index in [1.165, 1.54) is 4.90 Å². The summed E-state index contributed by atoms with van der Waals surface area (Å²) in [7, 11) is 0. The molecule has 0 aliphatic carbocycles. The van der Waals surface area contributed by atoms with Crippen LogP contribution < -0.4 is 9.47 Å². The van der Waals surface area contributed by atoms with Crippen LogP contribution in [0.15, 0.2) is 54.1 Å². The lowest BCUT2D eigenvalue weighted by Crippen LogP contribution is -2.30. The summed E-state index contributed by atoms with van der Waals surface area (Å²) < 4.78 is 11.2. The van der Waals surface area contributed by atoms with Gasteiger partial charge in [-0.25, -0.2) is 0 Å². The van der Waals surface area contributed by atoms with Gasteiger partial charge >= 0.3 is 0 Å². The maximum absolute atomic E-state index is 12.9. The summed E-state index contributed by atoms with van der Waals surface area (Å²) in [5.41, 5.74) is 1.26. The zero-order valence-electron chi connectivity index (χ0n) is 18.4. The molecule has 0 radical (unpaired) electrons. The first kappa shape index (κ1) is 22.4. The summed E-state index contributed by atoms with van der Waals surface area (Å²) in [6.45, 7) is 8.60. The van der Waals surface area contributed by atoms with Crippen LogP contribution in [0.5, 0.6) is 11.5 Å². The number of aliphatic hydroxyl groups is 1. The summed E-state index contributed by atoms with van der Waals surface area (Å²) in [5, 5.41) is 11.1. The highest BCUT2D eigenvalue weighted by Crippen LogP contribution is 2.40. The molecule has 1 aliphatic rings. The highest BCUT2D eigenvalue weighted by atomic mass is 16.5. The minimum atomic E-state index is -0.680. The van der Waals surface area contributed by atoms with Crippen LogP contribution >= 0.6 is 0 Å². The topological polar surface area (TPSA) is 76.1 Å². The first-order valence-electron chi connectivity index (χ1n) is 10.7. The number of ketones is 1. The SMILES string of the molecule is CCCN1C(=O)C(=O)/C(=C(\O)c2cccc(OCC)c2)C1c1ccc(OC(C)C)cc1. The molecule has 1 heterocycles. The van der Waals surface area contributed by atoms with Crippen LogP contribution in [0, 0.1) is 0 Å². The average Bonchev–Trinajstić information content (AvgIpc) is 2.99.